The van der Waals surface area contributed by atoms with Crippen LogP contribution in [-0.4, -0.2) is 118 Å². The van der Waals surface area contributed by atoms with Crippen molar-refractivity contribution in [1.29, 1.82) is 0 Å². The number of methoxy groups -OCH3 is 2. The van der Waals surface area contributed by atoms with Crippen LogP contribution in [0.2, 0.25) is 0 Å². The van der Waals surface area contributed by atoms with Crippen LogP contribution in [0.15, 0.2) is 48.6 Å². The average molecular weight is 493 g/mol. The van der Waals surface area contributed by atoms with Gasteiger partial charge in [0, 0.05) is 12.2 Å². The van der Waals surface area contributed by atoms with Gasteiger partial charge in [-0.15, -0.1) is 0 Å². The summed E-state index contributed by atoms with van der Waals surface area (Å²) >= 11 is 0. The molecular weight excluding hydrogens is 465 g/mol. The fraction of sp³-hybridized carbons (Fsp3) is 0.100. The van der Waals surface area contributed by atoms with E-state index in [0.717, 1.165) is 12.2 Å². The molecule has 0 radical (unpaired) electrons. The van der Waals surface area contributed by atoms with Crippen LogP contribution in [0.4, 0.5) is 0 Å². The van der Waals surface area contributed by atoms with Crippen molar-refractivity contribution >= 4 is 84.9 Å². The molecule has 0 amide bonds. The zero-order valence-corrected chi connectivity index (χ0v) is 21.2. The summed E-state index contributed by atoms with van der Waals surface area (Å²) in [5.74, 6) is -1.34. The summed E-state index contributed by atoms with van der Waals surface area (Å²) in [7, 11) is 2.86. The van der Waals surface area contributed by atoms with Crippen LogP contribution in [-0.2, 0) is 9.59 Å². The Hall–Kier alpha value is -1.99. The quantitative estimate of drug-likeness (QED) is 0.338. The van der Waals surface area contributed by atoms with Gasteiger partial charge < -0.3 is 46.6 Å². The Kier molecular flexibility index (Phi) is 22.9. The minimum Gasteiger partial charge on any atom is -1.00 e. The van der Waals surface area contributed by atoms with Crippen molar-refractivity contribution in [2.45, 2.75) is 0 Å². The number of carbonyl (C=O) groups is 2. The number of carboxylic acid groups (broad SMARTS) is 2. The number of hydrogen-bond donors (Lipinski definition) is 4. The molecule has 0 atom stereocenters. The number of hydrogen-bond acceptors (Lipinski definition) is 6. The number of benzene rings is 2. The van der Waals surface area contributed by atoms with Crippen LogP contribution < -0.4 is 9.47 Å². The van der Waals surface area contributed by atoms with E-state index in [1.54, 1.807) is 24.3 Å². The third-order valence-electron chi connectivity index (χ3n) is 3.24. The SMILES string of the molecule is COc1cc(/C=C/C(=O)O)ccc1O.COc1cc(/C=C/C(=O)O)ccc1O.O.O.[Ca+2].[H-].[H-].[H-].[H-].[Mg+2]. The Balaban J connectivity index is -0.0000000594. The number of phenolic OH excluding ortho intramolecular Hbond substituents is 2. The van der Waals surface area contributed by atoms with Gasteiger partial charge in [0.25, 0.3) is 0 Å². The second-order valence-electron chi connectivity index (χ2n) is 5.21. The molecule has 10 nitrogen and oxygen atoms in total. The monoisotopic (exact) mass is 492 g/mol. The molecule has 12 heteroatoms. The first-order valence-electron chi connectivity index (χ1n) is 7.82. The third kappa shape index (κ3) is 14.1. The van der Waals surface area contributed by atoms with Gasteiger partial charge in [-0.3, -0.25) is 0 Å². The molecule has 172 valence electrons. The summed E-state index contributed by atoms with van der Waals surface area (Å²) in [5.41, 5.74) is 1.31. The Bertz CT molecular complexity index is 845. The minimum atomic E-state index is -1.02. The maximum atomic E-state index is 10.2. The van der Waals surface area contributed by atoms with E-state index in [9.17, 15) is 19.8 Å². The van der Waals surface area contributed by atoms with Crippen LogP contribution in [0.25, 0.3) is 12.2 Å². The molecule has 0 bridgehead atoms. The zero-order chi connectivity index (χ0) is 21.1. The van der Waals surface area contributed by atoms with Crippen molar-refractivity contribution in [3.8, 4) is 23.0 Å². The van der Waals surface area contributed by atoms with E-state index in [2.05, 4.69) is 0 Å². The fourth-order valence-electron chi connectivity index (χ4n) is 1.93. The molecule has 0 fully saturated rings. The van der Waals surface area contributed by atoms with Crippen molar-refractivity contribution in [2.24, 2.45) is 0 Å². The van der Waals surface area contributed by atoms with E-state index in [1.165, 1.54) is 38.5 Å². The number of aliphatic carboxylic acids is 2. The van der Waals surface area contributed by atoms with E-state index in [0.29, 0.717) is 22.6 Å². The molecule has 2 aromatic rings. The maximum absolute atomic E-state index is 10.2. The van der Waals surface area contributed by atoms with Crippen molar-refractivity contribution in [3.63, 3.8) is 0 Å². The minimum absolute atomic E-state index is 0. The van der Waals surface area contributed by atoms with Gasteiger partial charge in [0.2, 0.25) is 0 Å². The largest absolute Gasteiger partial charge is 2.00 e. The number of phenols is 2. The topological polar surface area (TPSA) is 197 Å². The first-order chi connectivity index (χ1) is 13.3. The Labute approximate surface area is 236 Å². The summed E-state index contributed by atoms with van der Waals surface area (Å²) in [6.07, 6.45) is 4.88. The molecule has 0 unspecified atom stereocenters. The van der Waals surface area contributed by atoms with E-state index in [-0.39, 0.29) is 88.9 Å². The summed E-state index contributed by atoms with van der Waals surface area (Å²) < 4.78 is 9.72. The van der Waals surface area contributed by atoms with Crippen LogP contribution in [0.5, 0.6) is 23.0 Å². The molecule has 0 aliphatic rings. The van der Waals surface area contributed by atoms with Gasteiger partial charge in [-0.1, -0.05) is 12.1 Å². The van der Waals surface area contributed by atoms with Crippen LogP contribution in [0, 0.1) is 0 Å². The van der Waals surface area contributed by atoms with Gasteiger partial charge in [-0.05, 0) is 47.5 Å². The smallest absolute Gasteiger partial charge is 1.00 e. The Morgan fingerprint density at radius 2 is 1.09 bits per heavy atom. The fourth-order valence-corrected chi connectivity index (χ4v) is 1.93. The van der Waals surface area contributed by atoms with Gasteiger partial charge >= 0.3 is 72.7 Å². The number of ether oxygens (including phenoxy) is 2. The number of rotatable bonds is 6. The van der Waals surface area contributed by atoms with Crippen LogP contribution in [0.1, 0.15) is 16.8 Å². The van der Waals surface area contributed by atoms with Crippen molar-refractivity contribution in [1.82, 2.24) is 0 Å². The van der Waals surface area contributed by atoms with Gasteiger partial charge in [0.15, 0.2) is 23.0 Å². The first-order valence-corrected chi connectivity index (χ1v) is 7.82. The van der Waals surface area contributed by atoms with Crippen LogP contribution >= 0.6 is 0 Å². The molecule has 32 heavy (non-hydrogen) atoms. The van der Waals surface area contributed by atoms with E-state index in [4.69, 9.17) is 19.7 Å². The average Bonchev–Trinajstić information content (AvgIpc) is 2.67. The standard InChI is InChI=1S/2C10H10O4.Ca.Mg.2H2O.4H/c2*1-14-9-6-7(2-4-8(9)11)3-5-10(12)13;;;;;;;;/h2*2-6,11H,1H3,(H,12,13);;;2*1H2;;;;/q;;2*+2;;;4*-1/b2*5-3+;;;;;;;;. The molecule has 0 saturated heterocycles. The zero-order valence-electron chi connectivity index (χ0n) is 21.6. The van der Waals surface area contributed by atoms with Crippen molar-refractivity contribution < 1.29 is 56.1 Å². The molecule has 0 heterocycles. The molecule has 0 aliphatic heterocycles. The van der Waals surface area contributed by atoms with Crippen molar-refractivity contribution in [2.75, 3.05) is 14.2 Å². The second-order valence-corrected chi connectivity index (χ2v) is 5.21. The number of aromatic hydroxyl groups is 2. The number of carboxylic acids is 2. The maximum Gasteiger partial charge on any atom is 2.00 e. The summed E-state index contributed by atoms with van der Waals surface area (Å²) in [6, 6.07) is 9.18. The molecule has 2 aromatic carbocycles. The summed E-state index contributed by atoms with van der Waals surface area (Å²) in [6.45, 7) is 0. The van der Waals surface area contributed by atoms with E-state index < -0.39 is 11.9 Å². The van der Waals surface area contributed by atoms with E-state index in [1.807, 2.05) is 0 Å². The van der Waals surface area contributed by atoms with Gasteiger partial charge in [0.1, 0.15) is 0 Å². The molecule has 2 rings (SSSR count). The Morgan fingerprint density at radius 1 is 0.781 bits per heavy atom. The molecule has 0 aliphatic carbocycles. The normalized spacial score (nSPS) is 9.06. The van der Waals surface area contributed by atoms with Gasteiger partial charge in [-0.2, -0.15) is 0 Å². The predicted octanol–water partition coefficient (Wildman–Crippen LogP) is 1.04. The van der Waals surface area contributed by atoms with Gasteiger partial charge in [0.05, 0.1) is 14.2 Å². The molecule has 8 N–H and O–H groups in total. The molecule has 0 aromatic heterocycles. The van der Waals surface area contributed by atoms with Crippen LogP contribution in [0.3, 0.4) is 0 Å². The van der Waals surface area contributed by atoms with Gasteiger partial charge in [-0.25, -0.2) is 9.59 Å². The predicted molar refractivity (Wildman–Crippen MR) is 126 cm³/mol. The Morgan fingerprint density at radius 3 is 1.34 bits per heavy atom. The molecule has 0 saturated carbocycles. The third-order valence-corrected chi connectivity index (χ3v) is 3.24. The van der Waals surface area contributed by atoms with E-state index >= 15 is 0 Å². The summed E-state index contributed by atoms with van der Waals surface area (Å²) in [5, 5.41) is 35.3. The van der Waals surface area contributed by atoms with Crippen molar-refractivity contribution in [3.05, 3.63) is 59.7 Å². The first kappa shape index (κ1) is 37.3. The summed E-state index contributed by atoms with van der Waals surface area (Å²) in [4.78, 5) is 20.5. The second kappa shape index (κ2) is 19.7. The molecule has 0 spiro atoms. The molecular formula is C20H28CaMgO10.